The van der Waals surface area contributed by atoms with E-state index < -0.39 is 9.84 Å². The highest BCUT2D eigenvalue weighted by molar-refractivity contribution is 7.90. The predicted octanol–water partition coefficient (Wildman–Crippen LogP) is 1.05. The molecule has 1 heterocycles. The molecule has 2 N–H and O–H groups in total. The number of hydrogen-bond acceptors (Lipinski definition) is 4. The molecule has 0 fully saturated rings. The van der Waals surface area contributed by atoms with E-state index in [1.54, 1.807) is 19.1 Å². The molecule has 6 heteroatoms. The van der Waals surface area contributed by atoms with Crippen LogP contribution in [0.2, 0.25) is 0 Å². The summed E-state index contributed by atoms with van der Waals surface area (Å²) in [5.74, 6) is -0.251. The number of amides is 1. The SMILES string of the molecule is Cc1ccc(C(=O)NCC2=CCNCC2)cc1S(C)(=O)=O. The zero-order valence-corrected chi connectivity index (χ0v) is 13.1. The van der Waals surface area contributed by atoms with Crippen molar-refractivity contribution in [1.29, 1.82) is 0 Å². The maximum atomic E-state index is 12.1. The van der Waals surface area contributed by atoms with E-state index in [2.05, 4.69) is 16.7 Å². The Labute approximate surface area is 125 Å². The van der Waals surface area contributed by atoms with Crippen molar-refractivity contribution < 1.29 is 13.2 Å². The molecule has 0 atom stereocenters. The molecule has 0 unspecified atom stereocenters. The average molecular weight is 308 g/mol. The van der Waals surface area contributed by atoms with Gasteiger partial charge in [-0.05, 0) is 37.6 Å². The molecule has 0 spiro atoms. The van der Waals surface area contributed by atoms with Crippen LogP contribution in [0.25, 0.3) is 0 Å². The maximum Gasteiger partial charge on any atom is 0.251 e. The second-order valence-corrected chi connectivity index (χ2v) is 7.24. The Hall–Kier alpha value is -1.66. The van der Waals surface area contributed by atoms with Crippen molar-refractivity contribution >= 4 is 15.7 Å². The molecule has 1 aliphatic heterocycles. The number of aryl methyl sites for hydroxylation is 1. The lowest BCUT2D eigenvalue weighted by Gasteiger charge is -2.15. The van der Waals surface area contributed by atoms with Crippen molar-refractivity contribution in [1.82, 2.24) is 10.6 Å². The topological polar surface area (TPSA) is 75.3 Å². The van der Waals surface area contributed by atoms with Gasteiger partial charge < -0.3 is 10.6 Å². The lowest BCUT2D eigenvalue weighted by atomic mass is 10.1. The highest BCUT2D eigenvalue weighted by Crippen LogP contribution is 2.17. The van der Waals surface area contributed by atoms with E-state index in [0.717, 1.165) is 25.8 Å². The summed E-state index contributed by atoms with van der Waals surface area (Å²) in [4.78, 5) is 12.3. The zero-order chi connectivity index (χ0) is 15.5. The van der Waals surface area contributed by atoms with E-state index in [1.165, 1.54) is 11.6 Å². The minimum absolute atomic E-state index is 0.205. The van der Waals surface area contributed by atoms with Gasteiger partial charge in [0.25, 0.3) is 5.91 Å². The summed E-state index contributed by atoms with van der Waals surface area (Å²) in [5.41, 5.74) is 2.21. The molecule has 1 aromatic rings. The number of sulfone groups is 1. The highest BCUT2D eigenvalue weighted by Gasteiger charge is 2.15. The van der Waals surface area contributed by atoms with Crippen molar-refractivity contribution in [2.45, 2.75) is 18.2 Å². The maximum absolute atomic E-state index is 12.1. The Morgan fingerprint density at radius 3 is 2.76 bits per heavy atom. The van der Waals surface area contributed by atoms with E-state index in [0.29, 0.717) is 17.7 Å². The Kier molecular flexibility index (Phi) is 4.80. The molecule has 1 aromatic carbocycles. The smallest absolute Gasteiger partial charge is 0.251 e. The number of carbonyl (C=O) groups is 1. The van der Waals surface area contributed by atoms with Gasteiger partial charge in [0.2, 0.25) is 0 Å². The van der Waals surface area contributed by atoms with Crippen molar-refractivity contribution in [3.8, 4) is 0 Å². The fraction of sp³-hybridized carbons (Fsp3) is 0.400. The molecule has 0 bridgehead atoms. The van der Waals surface area contributed by atoms with Crippen LogP contribution in [0.1, 0.15) is 22.3 Å². The molecule has 114 valence electrons. The Morgan fingerprint density at radius 1 is 1.38 bits per heavy atom. The van der Waals surface area contributed by atoms with E-state index in [9.17, 15) is 13.2 Å². The van der Waals surface area contributed by atoms with E-state index in [4.69, 9.17) is 0 Å². The lowest BCUT2D eigenvalue weighted by Crippen LogP contribution is -2.29. The van der Waals surface area contributed by atoms with Gasteiger partial charge >= 0.3 is 0 Å². The minimum atomic E-state index is -3.32. The third-order valence-corrected chi connectivity index (χ3v) is 4.72. The van der Waals surface area contributed by atoms with Crippen LogP contribution < -0.4 is 10.6 Å². The molecule has 21 heavy (non-hydrogen) atoms. The van der Waals surface area contributed by atoms with Crippen LogP contribution in [0.3, 0.4) is 0 Å². The average Bonchev–Trinajstić information content (AvgIpc) is 2.45. The van der Waals surface area contributed by atoms with Crippen molar-refractivity contribution in [2.24, 2.45) is 0 Å². The van der Waals surface area contributed by atoms with Gasteiger partial charge in [0.1, 0.15) is 0 Å². The monoisotopic (exact) mass is 308 g/mol. The number of nitrogens with one attached hydrogen (secondary N) is 2. The molecule has 0 aliphatic carbocycles. The van der Waals surface area contributed by atoms with Crippen LogP contribution in [-0.4, -0.2) is 40.2 Å². The second-order valence-electron chi connectivity index (χ2n) is 5.25. The third kappa shape index (κ3) is 4.15. The first-order valence-electron chi connectivity index (χ1n) is 6.85. The van der Waals surface area contributed by atoms with Crippen molar-refractivity contribution in [3.63, 3.8) is 0 Å². The van der Waals surface area contributed by atoms with Crippen LogP contribution in [0.15, 0.2) is 34.7 Å². The van der Waals surface area contributed by atoms with Gasteiger partial charge in [-0.1, -0.05) is 17.7 Å². The van der Waals surface area contributed by atoms with Crippen molar-refractivity contribution in [2.75, 3.05) is 25.9 Å². The molecule has 0 aromatic heterocycles. The Morgan fingerprint density at radius 2 is 2.14 bits per heavy atom. The van der Waals surface area contributed by atoms with Gasteiger partial charge in [0.15, 0.2) is 9.84 Å². The third-order valence-electron chi connectivity index (χ3n) is 3.48. The molecular formula is C15H20N2O3S. The second kappa shape index (κ2) is 6.41. The van der Waals surface area contributed by atoms with Crippen LogP contribution in [0.5, 0.6) is 0 Å². The number of carbonyl (C=O) groups excluding carboxylic acids is 1. The van der Waals surface area contributed by atoms with Gasteiger partial charge in [0.05, 0.1) is 4.90 Å². The molecule has 0 saturated carbocycles. The van der Waals surface area contributed by atoms with Gasteiger partial charge in [-0.25, -0.2) is 8.42 Å². The normalized spacial score (nSPS) is 15.4. The van der Waals surface area contributed by atoms with Crippen LogP contribution in [-0.2, 0) is 9.84 Å². The molecule has 0 radical (unpaired) electrons. The number of benzene rings is 1. The van der Waals surface area contributed by atoms with Gasteiger partial charge in [0, 0.05) is 24.9 Å². The summed E-state index contributed by atoms with van der Waals surface area (Å²) >= 11 is 0. The van der Waals surface area contributed by atoms with Gasteiger partial charge in [-0.3, -0.25) is 4.79 Å². The van der Waals surface area contributed by atoms with Crippen LogP contribution >= 0.6 is 0 Å². The summed E-state index contributed by atoms with van der Waals surface area (Å²) in [6.07, 6.45) is 4.14. The Balaban J connectivity index is 2.11. The molecule has 0 saturated heterocycles. The summed E-state index contributed by atoms with van der Waals surface area (Å²) in [6.45, 7) is 3.97. The summed E-state index contributed by atoms with van der Waals surface area (Å²) < 4.78 is 23.4. The first-order valence-corrected chi connectivity index (χ1v) is 8.74. The first kappa shape index (κ1) is 15.7. The molecule has 1 amide bonds. The standard InChI is InChI=1S/C15H20N2O3S/c1-11-3-4-13(9-14(11)21(2,19)20)15(18)17-10-12-5-7-16-8-6-12/h3-5,9,16H,6-8,10H2,1-2H3,(H,17,18). The van der Waals surface area contributed by atoms with E-state index in [1.807, 2.05) is 0 Å². The van der Waals surface area contributed by atoms with Crippen molar-refractivity contribution in [3.05, 3.63) is 41.0 Å². The van der Waals surface area contributed by atoms with Crippen LogP contribution in [0.4, 0.5) is 0 Å². The van der Waals surface area contributed by atoms with E-state index in [-0.39, 0.29) is 10.8 Å². The molecule has 5 nitrogen and oxygen atoms in total. The first-order chi connectivity index (χ1) is 9.88. The Bertz CT molecular complexity index is 678. The minimum Gasteiger partial charge on any atom is -0.348 e. The molecule has 1 aliphatic rings. The van der Waals surface area contributed by atoms with Crippen LogP contribution in [0, 0.1) is 6.92 Å². The van der Waals surface area contributed by atoms with Gasteiger partial charge in [-0.2, -0.15) is 0 Å². The lowest BCUT2D eigenvalue weighted by molar-refractivity contribution is 0.0956. The van der Waals surface area contributed by atoms with Gasteiger partial charge in [-0.15, -0.1) is 0 Å². The quantitative estimate of drug-likeness (QED) is 0.815. The highest BCUT2D eigenvalue weighted by atomic mass is 32.2. The fourth-order valence-electron chi connectivity index (χ4n) is 2.27. The predicted molar refractivity (Wildman–Crippen MR) is 82.2 cm³/mol. The zero-order valence-electron chi connectivity index (χ0n) is 12.3. The summed E-state index contributed by atoms with van der Waals surface area (Å²) in [6, 6.07) is 4.75. The fourth-order valence-corrected chi connectivity index (χ4v) is 3.26. The number of rotatable bonds is 4. The molecule has 2 rings (SSSR count). The van der Waals surface area contributed by atoms with E-state index >= 15 is 0 Å². The summed E-state index contributed by atoms with van der Waals surface area (Å²) in [7, 11) is -3.32. The summed E-state index contributed by atoms with van der Waals surface area (Å²) in [5, 5.41) is 6.05. The largest absolute Gasteiger partial charge is 0.348 e. The number of hydrogen-bond donors (Lipinski definition) is 2. The molecular weight excluding hydrogens is 288 g/mol.